The monoisotopic (exact) mass is 394 g/mol. The maximum atomic E-state index is 12.5. The van der Waals surface area contributed by atoms with Gasteiger partial charge >= 0.3 is 0 Å². The lowest BCUT2D eigenvalue weighted by Gasteiger charge is -2.16. The second kappa shape index (κ2) is 8.30. The third kappa shape index (κ3) is 4.06. The molecule has 0 saturated carbocycles. The Labute approximate surface area is 168 Å². The van der Waals surface area contributed by atoms with Crippen molar-refractivity contribution in [2.75, 3.05) is 27.3 Å². The molecule has 1 atom stereocenters. The van der Waals surface area contributed by atoms with Crippen molar-refractivity contribution in [3.05, 3.63) is 54.1 Å². The number of methoxy groups -OCH3 is 2. The van der Waals surface area contributed by atoms with Crippen molar-refractivity contribution in [3.63, 3.8) is 0 Å². The number of rotatable bonds is 7. The molecule has 2 aromatic heterocycles. The summed E-state index contributed by atoms with van der Waals surface area (Å²) < 4.78 is 16.0. The highest BCUT2D eigenvalue weighted by Gasteiger charge is 2.33. The van der Waals surface area contributed by atoms with E-state index in [0.29, 0.717) is 42.7 Å². The van der Waals surface area contributed by atoms with Gasteiger partial charge in [-0.05, 0) is 36.2 Å². The predicted octanol–water partition coefficient (Wildman–Crippen LogP) is 2.71. The molecule has 1 fully saturated rings. The zero-order valence-electron chi connectivity index (χ0n) is 16.4. The van der Waals surface area contributed by atoms with E-state index >= 15 is 0 Å². The lowest BCUT2D eigenvalue weighted by molar-refractivity contribution is -0.127. The standard InChI is InChI=1S/C21H22N4O4/c1-27-17-4-3-14(11-18(17)28-2)7-10-25-13-16(12-19(25)26)20-23-21(29-24-20)15-5-8-22-9-6-15/h3-6,8-9,11,16H,7,10,12-13H2,1-2H3. The zero-order chi connectivity index (χ0) is 20.2. The summed E-state index contributed by atoms with van der Waals surface area (Å²) in [5.41, 5.74) is 1.90. The van der Waals surface area contributed by atoms with Gasteiger partial charge in [-0.3, -0.25) is 9.78 Å². The van der Waals surface area contributed by atoms with E-state index in [0.717, 1.165) is 17.5 Å². The molecule has 1 amide bonds. The summed E-state index contributed by atoms with van der Waals surface area (Å²) in [6.45, 7) is 1.21. The summed E-state index contributed by atoms with van der Waals surface area (Å²) in [7, 11) is 3.22. The van der Waals surface area contributed by atoms with Gasteiger partial charge in [0.1, 0.15) is 0 Å². The van der Waals surface area contributed by atoms with Gasteiger partial charge in [-0.25, -0.2) is 0 Å². The lowest BCUT2D eigenvalue weighted by Crippen LogP contribution is -2.27. The van der Waals surface area contributed by atoms with Crippen LogP contribution in [0.2, 0.25) is 0 Å². The van der Waals surface area contributed by atoms with Crippen molar-refractivity contribution < 1.29 is 18.8 Å². The van der Waals surface area contributed by atoms with Crippen LogP contribution < -0.4 is 9.47 Å². The van der Waals surface area contributed by atoms with Gasteiger partial charge in [-0.15, -0.1) is 0 Å². The van der Waals surface area contributed by atoms with E-state index in [-0.39, 0.29) is 11.8 Å². The summed E-state index contributed by atoms with van der Waals surface area (Å²) in [5.74, 6) is 2.43. The summed E-state index contributed by atoms with van der Waals surface area (Å²) in [4.78, 5) is 22.8. The number of amides is 1. The molecule has 1 aliphatic rings. The topological polar surface area (TPSA) is 90.6 Å². The molecule has 1 aliphatic heterocycles. The molecule has 8 nitrogen and oxygen atoms in total. The third-order valence-corrected chi connectivity index (χ3v) is 5.07. The van der Waals surface area contributed by atoms with Gasteiger partial charge in [-0.1, -0.05) is 11.2 Å². The van der Waals surface area contributed by atoms with E-state index < -0.39 is 0 Å². The Hall–Kier alpha value is -3.42. The second-order valence-electron chi connectivity index (χ2n) is 6.87. The van der Waals surface area contributed by atoms with E-state index in [9.17, 15) is 4.79 Å². The minimum atomic E-state index is -0.0627. The van der Waals surface area contributed by atoms with Gasteiger partial charge in [0, 0.05) is 43.4 Å². The molecule has 8 heteroatoms. The predicted molar refractivity (Wildman–Crippen MR) is 105 cm³/mol. The Morgan fingerprint density at radius 1 is 1.14 bits per heavy atom. The number of hydrogen-bond donors (Lipinski definition) is 0. The number of hydrogen-bond acceptors (Lipinski definition) is 7. The van der Waals surface area contributed by atoms with Crippen LogP contribution in [0.5, 0.6) is 11.5 Å². The molecule has 3 aromatic rings. The van der Waals surface area contributed by atoms with Gasteiger partial charge in [0.2, 0.25) is 5.91 Å². The average Bonchev–Trinajstić information content (AvgIpc) is 3.39. The fourth-order valence-electron chi connectivity index (χ4n) is 3.47. The van der Waals surface area contributed by atoms with Crippen LogP contribution in [-0.4, -0.2) is 53.2 Å². The maximum absolute atomic E-state index is 12.5. The molecule has 0 spiro atoms. The molecule has 1 aromatic carbocycles. The van der Waals surface area contributed by atoms with Gasteiger partial charge in [0.05, 0.1) is 14.2 Å². The van der Waals surface area contributed by atoms with Crippen molar-refractivity contribution in [1.82, 2.24) is 20.0 Å². The van der Waals surface area contributed by atoms with E-state index in [1.165, 1.54) is 0 Å². The number of likely N-dealkylation sites (tertiary alicyclic amines) is 1. The van der Waals surface area contributed by atoms with Crippen LogP contribution in [0.25, 0.3) is 11.5 Å². The Morgan fingerprint density at radius 2 is 1.93 bits per heavy atom. The van der Waals surface area contributed by atoms with Crippen molar-refractivity contribution in [3.8, 4) is 23.0 Å². The Kier molecular flexibility index (Phi) is 5.41. The highest BCUT2D eigenvalue weighted by Crippen LogP contribution is 2.30. The van der Waals surface area contributed by atoms with E-state index in [1.807, 2.05) is 35.2 Å². The summed E-state index contributed by atoms with van der Waals surface area (Å²) in [5, 5.41) is 4.09. The first-order chi connectivity index (χ1) is 14.2. The molecule has 1 saturated heterocycles. The number of pyridine rings is 1. The van der Waals surface area contributed by atoms with Crippen molar-refractivity contribution in [2.45, 2.75) is 18.8 Å². The SMILES string of the molecule is COc1ccc(CCN2CC(c3noc(-c4ccncc4)n3)CC2=O)cc1OC. The molecule has 29 heavy (non-hydrogen) atoms. The van der Waals surface area contributed by atoms with Crippen molar-refractivity contribution in [1.29, 1.82) is 0 Å². The van der Waals surface area contributed by atoms with Crippen LogP contribution in [0.15, 0.2) is 47.2 Å². The van der Waals surface area contributed by atoms with Crippen LogP contribution in [0.3, 0.4) is 0 Å². The van der Waals surface area contributed by atoms with E-state index in [4.69, 9.17) is 14.0 Å². The summed E-state index contributed by atoms with van der Waals surface area (Å²) in [6.07, 6.45) is 4.47. The number of benzene rings is 1. The second-order valence-corrected chi connectivity index (χ2v) is 6.87. The summed E-state index contributed by atoms with van der Waals surface area (Å²) in [6, 6.07) is 9.43. The minimum absolute atomic E-state index is 0.0627. The average molecular weight is 394 g/mol. The number of carbonyl (C=O) groups is 1. The van der Waals surface area contributed by atoms with Crippen LogP contribution in [-0.2, 0) is 11.2 Å². The zero-order valence-corrected chi connectivity index (χ0v) is 16.4. The van der Waals surface area contributed by atoms with Gasteiger partial charge in [-0.2, -0.15) is 4.98 Å². The molecule has 0 bridgehead atoms. The molecule has 3 heterocycles. The number of carbonyl (C=O) groups excluding carboxylic acids is 1. The normalized spacial score (nSPS) is 16.3. The first kappa shape index (κ1) is 18.9. The van der Waals surface area contributed by atoms with Gasteiger partial charge in [0.25, 0.3) is 5.89 Å². The summed E-state index contributed by atoms with van der Waals surface area (Å²) >= 11 is 0. The Morgan fingerprint density at radius 3 is 2.69 bits per heavy atom. The maximum Gasteiger partial charge on any atom is 0.258 e. The number of ether oxygens (including phenoxy) is 2. The minimum Gasteiger partial charge on any atom is -0.493 e. The lowest BCUT2D eigenvalue weighted by atomic mass is 10.1. The van der Waals surface area contributed by atoms with Crippen LogP contribution in [0.4, 0.5) is 0 Å². The van der Waals surface area contributed by atoms with E-state index in [2.05, 4.69) is 15.1 Å². The van der Waals surface area contributed by atoms with Crippen LogP contribution >= 0.6 is 0 Å². The van der Waals surface area contributed by atoms with Gasteiger partial charge in [0.15, 0.2) is 17.3 Å². The quantitative estimate of drug-likeness (QED) is 0.608. The number of aromatic nitrogens is 3. The molecule has 0 N–H and O–H groups in total. The molecule has 4 rings (SSSR count). The first-order valence-electron chi connectivity index (χ1n) is 9.40. The van der Waals surface area contributed by atoms with Gasteiger partial charge < -0.3 is 18.9 Å². The molecule has 1 unspecified atom stereocenters. The molecule has 0 radical (unpaired) electrons. The Bertz CT molecular complexity index is 989. The van der Waals surface area contributed by atoms with E-state index in [1.54, 1.807) is 26.6 Å². The highest BCUT2D eigenvalue weighted by atomic mass is 16.5. The highest BCUT2D eigenvalue weighted by molar-refractivity contribution is 5.79. The largest absolute Gasteiger partial charge is 0.493 e. The fraction of sp³-hybridized carbons (Fsp3) is 0.333. The van der Waals surface area contributed by atoms with Crippen molar-refractivity contribution >= 4 is 5.91 Å². The first-order valence-corrected chi connectivity index (χ1v) is 9.40. The van der Waals surface area contributed by atoms with Crippen LogP contribution in [0.1, 0.15) is 23.7 Å². The molecule has 150 valence electrons. The molecule has 0 aliphatic carbocycles. The fourth-order valence-corrected chi connectivity index (χ4v) is 3.47. The molecular formula is C21H22N4O4. The smallest absolute Gasteiger partial charge is 0.258 e. The molecular weight excluding hydrogens is 372 g/mol. The number of nitrogens with zero attached hydrogens (tertiary/aromatic N) is 4. The third-order valence-electron chi connectivity index (χ3n) is 5.07. The van der Waals surface area contributed by atoms with Crippen LogP contribution in [0, 0.1) is 0 Å². The Balaban J connectivity index is 1.39. The van der Waals surface area contributed by atoms with Crippen molar-refractivity contribution in [2.24, 2.45) is 0 Å².